The number of hydrogen-bond acceptors (Lipinski definition) is 5. The summed E-state index contributed by atoms with van der Waals surface area (Å²) in [6, 6.07) is 7.32. The highest BCUT2D eigenvalue weighted by molar-refractivity contribution is 6.01. The van der Waals surface area contributed by atoms with Crippen molar-refractivity contribution in [1.29, 1.82) is 0 Å². The minimum atomic E-state index is -0.359. The number of amides is 1. The van der Waals surface area contributed by atoms with Gasteiger partial charge in [0.2, 0.25) is 11.5 Å². The van der Waals surface area contributed by atoms with Crippen molar-refractivity contribution in [1.82, 2.24) is 14.9 Å². The van der Waals surface area contributed by atoms with Gasteiger partial charge in [-0.05, 0) is 30.9 Å². The SMILES string of the molecule is NCC(NC(=O)Cn1cnc2c(oc3ccccc32)c1=O)C1CC1. The predicted molar refractivity (Wildman–Crippen MR) is 89.5 cm³/mol. The van der Waals surface area contributed by atoms with Gasteiger partial charge in [0.05, 0.1) is 6.33 Å². The van der Waals surface area contributed by atoms with Gasteiger partial charge in [0.25, 0.3) is 5.56 Å². The number of benzene rings is 1. The Morgan fingerprint density at radius 1 is 1.42 bits per heavy atom. The van der Waals surface area contributed by atoms with Gasteiger partial charge >= 0.3 is 0 Å². The third kappa shape index (κ3) is 2.56. The van der Waals surface area contributed by atoms with Gasteiger partial charge < -0.3 is 15.5 Å². The molecule has 2 heterocycles. The van der Waals surface area contributed by atoms with Gasteiger partial charge in [-0.25, -0.2) is 4.98 Å². The third-order valence-corrected chi connectivity index (χ3v) is 4.46. The Morgan fingerprint density at radius 3 is 2.96 bits per heavy atom. The number of furan rings is 1. The molecule has 0 saturated heterocycles. The summed E-state index contributed by atoms with van der Waals surface area (Å²) in [7, 11) is 0. The topological polar surface area (TPSA) is 103 Å². The molecule has 124 valence electrons. The van der Waals surface area contributed by atoms with Crippen LogP contribution in [-0.2, 0) is 11.3 Å². The molecule has 1 fully saturated rings. The second kappa shape index (κ2) is 5.76. The fraction of sp³-hybridized carbons (Fsp3) is 0.353. The summed E-state index contributed by atoms with van der Waals surface area (Å²) in [5, 5.41) is 3.69. The molecule has 1 aliphatic rings. The van der Waals surface area contributed by atoms with Crippen LogP contribution in [0.25, 0.3) is 22.1 Å². The van der Waals surface area contributed by atoms with Gasteiger partial charge in [-0.1, -0.05) is 12.1 Å². The van der Waals surface area contributed by atoms with Crippen molar-refractivity contribution in [2.75, 3.05) is 6.54 Å². The van der Waals surface area contributed by atoms with Gasteiger partial charge in [0, 0.05) is 18.0 Å². The number of carbonyl (C=O) groups is 1. The molecule has 0 radical (unpaired) electrons. The summed E-state index contributed by atoms with van der Waals surface area (Å²) in [6.07, 6.45) is 3.57. The molecular weight excluding hydrogens is 308 g/mol. The highest BCUT2D eigenvalue weighted by Gasteiger charge is 2.31. The zero-order chi connectivity index (χ0) is 16.7. The molecule has 1 aliphatic carbocycles. The van der Waals surface area contributed by atoms with Crippen LogP contribution >= 0.6 is 0 Å². The predicted octanol–water partition coefficient (Wildman–Crippen LogP) is 0.996. The van der Waals surface area contributed by atoms with Crippen molar-refractivity contribution in [2.45, 2.75) is 25.4 Å². The normalized spacial score (nSPS) is 15.7. The van der Waals surface area contributed by atoms with Crippen molar-refractivity contribution >= 4 is 28.0 Å². The number of para-hydroxylation sites is 1. The van der Waals surface area contributed by atoms with Crippen LogP contribution in [0.5, 0.6) is 0 Å². The van der Waals surface area contributed by atoms with Crippen LogP contribution in [-0.4, -0.2) is 28.0 Å². The van der Waals surface area contributed by atoms with E-state index in [1.54, 1.807) is 6.07 Å². The lowest BCUT2D eigenvalue weighted by molar-refractivity contribution is -0.122. The summed E-state index contributed by atoms with van der Waals surface area (Å²) < 4.78 is 6.87. The van der Waals surface area contributed by atoms with E-state index in [9.17, 15) is 9.59 Å². The highest BCUT2D eigenvalue weighted by atomic mass is 16.3. The van der Waals surface area contributed by atoms with Gasteiger partial charge in [0.1, 0.15) is 17.6 Å². The van der Waals surface area contributed by atoms with Crippen molar-refractivity contribution < 1.29 is 9.21 Å². The van der Waals surface area contributed by atoms with E-state index in [-0.39, 0.29) is 29.6 Å². The molecule has 24 heavy (non-hydrogen) atoms. The number of hydrogen-bond donors (Lipinski definition) is 2. The van der Waals surface area contributed by atoms with Crippen molar-refractivity contribution in [3.63, 3.8) is 0 Å². The van der Waals surface area contributed by atoms with Crippen molar-refractivity contribution in [3.05, 3.63) is 40.9 Å². The largest absolute Gasteiger partial charge is 0.448 e. The molecule has 7 nitrogen and oxygen atoms in total. The molecule has 1 aromatic carbocycles. The molecule has 3 aromatic rings. The van der Waals surface area contributed by atoms with Crippen LogP contribution in [0.2, 0.25) is 0 Å². The van der Waals surface area contributed by atoms with Crippen LogP contribution in [0.3, 0.4) is 0 Å². The summed E-state index contributed by atoms with van der Waals surface area (Å²) in [5.41, 5.74) is 6.63. The second-order valence-corrected chi connectivity index (χ2v) is 6.20. The molecule has 1 atom stereocenters. The number of nitrogens with two attached hydrogens (primary N) is 1. The summed E-state index contributed by atoms with van der Waals surface area (Å²) in [4.78, 5) is 29.0. The lowest BCUT2D eigenvalue weighted by Crippen LogP contribution is -2.44. The van der Waals surface area contributed by atoms with Crippen molar-refractivity contribution in [2.24, 2.45) is 11.7 Å². The van der Waals surface area contributed by atoms with Crippen molar-refractivity contribution in [3.8, 4) is 0 Å². The maximum atomic E-state index is 12.6. The number of nitrogens with zero attached hydrogens (tertiary/aromatic N) is 2. The Bertz CT molecular complexity index is 971. The van der Waals surface area contributed by atoms with Gasteiger partial charge in [-0.2, -0.15) is 0 Å². The van der Waals surface area contributed by atoms with Gasteiger partial charge in [-0.15, -0.1) is 0 Å². The molecule has 1 amide bonds. The molecule has 0 bridgehead atoms. The van der Waals surface area contributed by atoms with Crippen LogP contribution in [0.4, 0.5) is 0 Å². The van der Waals surface area contributed by atoms with Crippen LogP contribution in [0, 0.1) is 5.92 Å². The first kappa shape index (κ1) is 14.9. The molecule has 3 N–H and O–H groups in total. The third-order valence-electron chi connectivity index (χ3n) is 4.46. The maximum absolute atomic E-state index is 12.6. The standard InChI is InChI=1S/C17H18N4O3/c18-7-12(10-5-6-10)20-14(22)8-21-9-19-15-11-3-1-2-4-13(11)24-16(15)17(21)23/h1-4,9-10,12H,5-8,18H2,(H,20,22). The number of aromatic nitrogens is 2. The Balaban J connectivity index is 1.62. The van der Waals surface area contributed by atoms with Gasteiger partial charge in [-0.3, -0.25) is 14.2 Å². The van der Waals surface area contributed by atoms with E-state index in [4.69, 9.17) is 10.2 Å². The van der Waals surface area contributed by atoms with E-state index in [0.717, 1.165) is 18.2 Å². The average molecular weight is 326 g/mol. The van der Waals surface area contributed by atoms with Crippen LogP contribution in [0.15, 0.2) is 39.8 Å². The molecule has 7 heteroatoms. The molecule has 1 saturated carbocycles. The summed E-state index contributed by atoms with van der Waals surface area (Å²) >= 11 is 0. The van der Waals surface area contributed by atoms with Crippen LogP contribution < -0.4 is 16.6 Å². The van der Waals surface area contributed by atoms with E-state index in [1.807, 2.05) is 18.2 Å². The monoisotopic (exact) mass is 326 g/mol. The van der Waals surface area contributed by atoms with E-state index in [1.165, 1.54) is 10.9 Å². The van der Waals surface area contributed by atoms with E-state index >= 15 is 0 Å². The van der Waals surface area contributed by atoms with E-state index in [0.29, 0.717) is 23.6 Å². The lowest BCUT2D eigenvalue weighted by Gasteiger charge is -2.16. The first-order valence-corrected chi connectivity index (χ1v) is 8.03. The second-order valence-electron chi connectivity index (χ2n) is 6.20. The minimum Gasteiger partial charge on any atom is -0.448 e. The number of fused-ring (bicyclic) bond motifs is 3. The Morgan fingerprint density at radius 2 is 2.21 bits per heavy atom. The first-order valence-electron chi connectivity index (χ1n) is 8.03. The Hall–Kier alpha value is -2.67. The highest BCUT2D eigenvalue weighted by Crippen LogP contribution is 2.32. The molecular formula is C17H18N4O3. The van der Waals surface area contributed by atoms with E-state index in [2.05, 4.69) is 10.3 Å². The zero-order valence-electron chi connectivity index (χ0n) is 13.1. The zero-order valence-corrected chi connectivity index (χ0v) is 13.1. The number of rotatable bonds is 5. The smallest absolute Gasteiger partial charge is 0.297 e. The molecule has 2 aromatic heterocycles. The van der Waals surface area contributed by atoms with Gasteiger partial charge in [0.15, 0.2) is 0 Å². The summed E-state index contributed by atoms with van der Waals surface area (Å²) in [5.74, 6) is 0.225. The lowest BCUT2D eigenvalue weighted by atomic mass is 10.2. The number of nitrogens with one attached hydrogen (secondary N) is 1. The fourth-order valence-electron chi connectivity index (χ4n) is 3.00. The number of carbonyl (C=O) groups excluding carboxylic acids is 1. The van der Waals surface area contributed by atoms with Crippen LogP contribution in [0.1, 0.15) is 12.8 Å². The average Bonchev–Trinajstić information content (AvgIpc) is 3.36. The molecule has 4 rings (SSSR count). The summed E-state index contributed by atoms with van der Waals surface area (Å²) in [6.45, 7) is 0.314. The molecule has 1 unspecified atom stereocenters. The van der Waals surface area contributed by atoms with E-state index < -0.39 is 0 Å². The molecule has 0 aliphatic heterocycles. The Labute approximate surface area is 137 Å². The quantitative estimate of drug-likeness (QED) is 0.728. The first-order chi connectivity index (χ1) is 11.7. The Kier molecular flexibility index (Phi) is 3.57. The maximum Gasteiger partial charge on any atom is 0.297 e. The fourth-order valence-corrected chi connectivity index (χ4v) is 3.00. The molecule has 0 spiro atoms. The minimum absolute atomic E-state index is 0.0175.